The fourth-order valence-electron chi connectivity index (χ4n) is 2.70. The van der Waals surface area contributed by atoms with Crippen molar-refractivity contribution in [2.45, 2.75) is 13.3 Å². The van der Waals surface area contributed by atoms with E-state index in [-0.39, 0.29) is 18.2 Å². The minimum Gasteiger partial charge on any atom is -0.494 e. The largest absolute Gasteiger partial charge is 0.494 e. The van der Waals surface area contributed by atoms with Gasteiger partial charge in [0.25, 0.3) is 0 Å². The zero-order chi connectivity index (χ0) is 17.8. The van der Waals surface area contributed by atoms with Gasteiger partial charge in [0.1, 0.15) is 11.6 Å². The van der Waals surface area contributed by atoms with E-state index in [2.05, 4.69) is 10.3 Å². The molecular formula is C18H18ClN3O3. The Morgan fingerprint density at radius 3 is 2.72 bits per heavy atom. The quantitative estimate of drug-likeness (QED) is 0.890. The predicted molar refractivity (Wildman–Crippen MR) is 95.9 cm³/mol. The molecule has 1 fully saturated rings. The highest BCUT2D eigenvalue weighted by atomic mass is 35.5. The molecule has 0 radical (unpaired) electrons. The highest BCUT2D eigenvalue weighted by molar-refractivity contribution is 6.30. The molecule has 7 heteroatoms. The van der Waals surface area contributed by atoms with Crippen LogP contribution in [0.25, 0.3) is 0 Å². The first-order chi connectivity index (χ1) is 12.1. The molecule has 3 rings (SSSR count). The number of hydrogen-bond donors (Lipinski definition) is 1. The lowest BCUT2D eigenvalue weighted by Crippen LogP contribution is -2.28. The van der Waals surface area contributed by atoms with Crippen LogP contribution in [0.2, 0.25) is 5.02 Å². The Morgan fingerprint density at radius 2 is 2.08 bits per heavy atom. The van der Waals surface area contributed by atoms with E-state index >= 15 is 0 Å². The van der Waals surface area contributed by atoms with Crippen molar-refractivity contribution >= 4 is 34.9 Å². The van der Waals surface area contributed by atoms with Crippen molar-refractivity contribution in [3.05, 3.63) is 47.6 Å². The van der Waals surface area contributed by atoms with Crippen LogP contribution < -0.4 is 15.0 Å². The second kappa shape index (κ2) is 7.53. The van der Waals surface area contributed by atoms with Crippen LogP contribution in [-0.2, 0) is 9.59 Å². The smallest absolute Gasteiger partial charge is 0.230 e. The van der Waals surface area contributed by atoms with Crippen molar-refractivity contribution < 1.29 is 14.3 Å². The number of ether oxygens (including phenoxy) is 1. The summed E-state index contributed by atoms with van der Waals surface area (Å²) in [5.74, 6) is 0.448. The van der Waals surface area contributed by atoms with E-state index < -0.39 is 5.92 Å². The molecule has 6 nitrogen and oxygen atoms in total. The average Bonchev–Trinajstić information content (AvgIpc) is 3.00. The Balaban J connectivity index is 1.65. The zero-order valence-electron chi connectivity index (χ0n) is 13.7. The highest BCUT2D eigenvalue weighted by Crippen LogP contribution is 2.27. The fraction of sp³-hybridized carbons (Fsp3) is 0.278. The van der Waals surface area contributed by atoms with Crippen LogP contribution in [-0.4, -0.2) is 29.9 Å². The van der Waals surface area contributed by atoms with E-state index in [1.165, 1.54) is 6.20 Å². The third kappa shape index (κ3) is 4.09. The molecule has 1 saturated heterocycles. The Kier molecular flexibility index (Phi) is 5.19. The summed E-state index contributed by atoms with van der Waals surface area (Å²) in [5.41, 5.74) is 0.758. The number of carbonyl (C=O) groups is 2. The van der Waals surface area contributed by atoms with Gasteiger partial charge in [-0.15, -0.1) is 0 Å². The molecule has 1 N–H and O–H groups in total. The second-order valence-corrected chi connectivity index (χ2v) is 6.12. The Labute approximate surface area is 150 Å². The molecule has 25 heavy (non-hydrogen) atoms. The number of hydrogen-bond acceptors (Lipinski definition) is 4. The number of amides is 2. The SMILES string of the molecule is CCOc1ccc(N2CC(C(=O)Nc3ccc(Cl)cn3)CC2=O)cc1. The topological polar surface area (TPSA) is 71.5 Å². The number of nitrogens with one attached hydrogen (secondary N) is 1. The van der Waals surface area contributed by atoms with Crippen molar-refractivity contribution in [3.8, 4) is 5.75 Å². The summed E-state index contributed by atoms with van der Waals surface area (Å²) in [6.07, 6.45) is 1.63. The standard InChI is InChI=1S/C18H18ClN3O3/c1-2-25-15-6-4-14(5-7-15)22-11-12(9-17(22)23)18(24)21-16-8-3-13(19)10-20-16/h3-8,10,12H,2,9,11H2,1H3,(H,20,21,24). The van der Waals surface area contributed by atoms with E-state index in [9.17, 15) is 9.59 Å². The second-order valence-electron chi connectivity index (χ2n) is 5.68. The first-order valence-electron chi connectivity index (χ1n) is 8.02. The van der Waals surface area contributed by atoms with Crippen LogP contribution in [0.5, 0.6) is 5.75 Å². The molecule has 2 amide bonds. The van der Waals surface area contributed by atoms with Gasteiger partial charge in [0.15, 0.2) is 0 Å². The molecule has 130 valence electrons. The van der Waals surface area contributed by atoms with E-state index in [0.29, 0.717) is 24.0 Å². The number of benzene rings is 1. The van der Waals surface area contributed by atoms with Gasteiger partial charge in [0, 0.05) is 24.8 Å². The Morgan fingerprint density at radius 1 is 1.32 bits per heavy atom. The zero-order valence-corrected chi connectivity index (χ0v) is 14.5. The van der Waals surface area contributed by atoms with Gasteiger partial charge in [-0.1, -0.05) is 11.6 Å². The summed E-state index contributed by atoms with van der Waals surface area (Å²) < 4.78 is 5.40. The van der Waals surface area contributed by atoms with Gasteiger partial charge in [-0.2, -0.15) is 0 Å². The molecule has 1 unspecified atom stereocenters. The predicted octanol–water partition coefficient (Wildman–Crippen LogP) is 3.13. The first-order valence-corrected chi connectivity index (χ1v) is 8.40. The maximum Gasteiger partial charge on any atom is 0.230 e. The third-order valence-electron chi connectivity index (χ3n) is 3.93. The monoisotopic (exact) mass is 359 g/mol. The summed E-state index contributed by atoms with van der Waals surface area (Å²) in [6.45, 7) is 2.84. The number of pyridine rings is 1. The van der Waals surface area contributed by atoms with Crippen molar-refractivity contribution in [2.75, 3.05) is 23.4 Å². The van der Waals surface area contributed by atoms with Crippen LogP contribution in [0.15, 0.2) is 42.6 Å². The van der Waals surface area contributed by atoms with E-state index in [4.69, 9.17) is 16.3 Å². The molecule has 0 spiro atoms. The molecular weight excluding hydrogens is 342 g/mol. The minimum atomic E-state index is -0.420. The van der Waals surface area contributed by atoms with Gasteiger partial charge in [-0.3, -0.25) is 9.59 Å². The molecule has 0 bridgehead atoms. The molecule has 1 aromatic carbocycles. The van der Waals surface area contributed by atoms with Crippen LogP contribution in [0.4, 0.5) is 11.5 Å². The maximum absolute atomic E-state index is 12.4. The van der Waals surface area contributed by atoms with Crippen molar-refractivity contribution in [1.29, 1.82) is 0 Å². The van der Waals surface area contributed by atoms with Crippen molar-refractivity contribution in [3.63, 3.8) is 0 Å². The molecule has 1 aliphatic heterocycles. The van der Waals surface area contributed by atoms with Gasteiger partial charge in [-0.05, 0) is 43.3 Å². The van der Waals surface area contributed by atoms with Gasteiger partial charge >= 0.3 is 0 Å². The van der Waals surface area contributed by atoms with E-state index in [1.807, 2.05) is 31.2 Å². The van der Waals surface area contributed by atoms with Crippen LogP contribution in [0.3, 0.4) is 0 Å². The van der Waals surface area contributed by atoms with Crippen molar-refractivity contribution in [1.82, 2.24) is 4.98 Å². The number of aromatic nitrogens is 1. The molecule has 1 atom stereocenters. The number of nitrogens with zero attached hydrogens (tertiary/aromatic N) is 2. The molecule has 2 heterocycles. The third-order valence-corrected chi connectivity index (χ3v) is 4.16. The normalized spacial score (nSPS) is 16.8. The van der Waals surface area contributed by atoms with Crippen LogP contribution >= 0.6 is 11.6 Å². The summed E-state index contributed by atoms with van der Waals surface area (Å²) in [6, 6.07) is 10.6. The molecule has 0 saturated carbocycles. The first kappa shape index (κ1) is 17.2. The number of rotatable bonds is 5. The average molecular weight is 360 g/mol. The molecule has 1 aromatic heterocycles. The van der Waals surface area contributed by atoms with Gasteiger partial charge in [-0.25, -0.2) is 4.98 Å². The molecule has 1 aliphatic rings. The van der Waals surface area contributed by atoms with Gasteiger partial charge in [0.05, 0.1) is 17.5 Å². The molecule has 0 aliphatic carbocycles. The van der Waals surface area contributed by atoms with Gasteiger partial charge in [0.2, 0.25) is 11.8 Å². The summed E-state index contributed by atoms with van der Waals surface area (Å²) in [5, 5.41) is 3.22. The fourth-order valence-corrected chi connectivity index (χ4v) is 2.81. The van der Waals surface area contributed by atoms with E-state index in [1.54, 1.807) is 17.0 Å². The van der Waals surface area contributed by atoms with Crippen LogP contribution in [0.1, 0.15) is 13.3 Å². The number of anilines is 2. The number of halogens is 1. The minimum absolute atomic E-state index is 0.0756. The lowest BCUT2D eigenvalue weighted by molar-refractivity contribution is -0.122. The number of carbonyl (C=O) groups excluding carboxylic acids is 2. The van der Waals surface area contributed by atoms with E-state index in [0.717, 1.165) is 11.4 Å². The Bertz CT molecular complexity index is 762. The van der Waals surface area contributed by atoms with Gasteiger partial charge < -0.3 is 15.0 Å². The lowest BCUT2D eigenvalue weighted by Gasteiger charge is -2.17. The van der Waals surface area contributed by atoms with Crippen LogP contribution in [0, 0.1) is 5.92 Å². The summed E-state index contributed by atoms with van der Waals surface area (Å²) in [4.78, 5) is 30.3. The Hall–Kier alpha value is -2.60. The molecule has 2 aromatic rings. The maximum atomic E-state index is 12.4. The highest BCUT2D eigenvalue weighted by Gasteiger charge is 2.35. The summed E-state index contributed by atoms with van der Waals surface area (Å²) >= 11 is 5.78. The lowest BCUT2D eigenvalue weighted by atomic mass is 10.1. The summed E-state index contributed by atoms with van der Waals surface area (Å²) in [7, 11) is 0. The van der Waals surface area contributed by atoms with Crippen molar-refractivity contribution in [2.24, 2.45) is 5.92 Å².